The largest absolute Gasteiger partial charge is 0.756 e. The van der Waals surface area contributed by atoms with E-state index in [1.807, 2.05) is 27.2 Å². The molecule has 0 bridgehead atoms. The van der Waals surface area contributed by atoms with Crippen molar-refractivity contribution in [3.8, 4) is 0 Å². The van der Waals surface area contributed by atoms with Crippen LogP contribution in [-0.2, 0) is 18.4 Å². The third kappa shape index (κ3) is 44.3. The van der Waals surface area contributed by atoms with Gasteiger partial charge in [-0.3, -0.25) is 9.36 Å². The summed E-state index contributed by atoms with van der Waals surface area (Å²) in [7, 11) is 1.24. The summed E-state index contributed by atoms with van der Waals surface area (Å²) in [6, 6.07) is -0.902. The van der Waals surface area contributed by atoms with E-state index in [4.69, 9.17) is 9.05 Å². The number of carbonyl (C=O) groups is 1. The Bertz CT molecular complexity index is 1100. The molecule has 2 N–H and O–H groups in total. The number of amides is 1. The fraction of sp³-hybridized carbons (Fsp3) is 0.820. The number of aliphatic hydroxyl groups is 1. The third-order valence-corrected chi connectivity index (χ3v) is 11.7. The Hall–Kier alpha value is -1.54. The van der Waals surface area contributed by atoms with Gasteiger partial charge in [-0.2, -0.15) is 0 Å². The molecule has 0 aliphatic carbocycles. The monoisotopic (exact) mass is 851 g/mol. The molecule has 8 nitrogen and oxygen atoms in total. The second-order valence-corrected chi connectivity index (χ2v) is 19.2. The van der Waals surface area contributed by atoms with Crippen molar-refractivity contribution in [1.82, 2.24) is 5.32 Å². The fourth-order valence-electron chi connectivity index (χ4n) is 6.85. The van der Waals surface area contributed by atoms with Gasteiger partial charge in [-0.15, -0.1) is 0 Å². The Balaban J connectivity index is 4.23. The zero-order valence-electron chi connectivity index (χ0n) is 39.2. The van der Waals surface area contributed by atoms with Crippen LogP contribution in [0.5, 0.6) is 0 Å². The minimum absolute atomic E-state index is 0.00723. The molecule has 0 aliphatic rings. The first kappa shape index (κ1) is 57.5. The highest BCUT2D eigenvalue weighted by Gasteiger charge is 2.23. The number of unbranched alkanes of at least 4 members (excludes halogenated alkanes) is 25. The maximum absolute atomic E-state index is 12.9. The summed E-state index contributed by atoms with van der Waals surface area (Å²) in [4.78, 5) is 25.3. The SMILES string of the molecule is CCCCCCC/C=C\C/C=C\CCCCCCCCCCCCCCCC(=O)NC(COP(=O)([O-])OCC[N+](C)(C)C)C(O)/C=C/CC/C=C/CCCCCCCC. The van der Waals surface area contributed by atoms with Gasteiger partial charge in [0.2, 0.25) is 5.91 Å². The standard InChI is InChI=1S/C50H95N2O6P/c1-6-8-10-12-14-16-18-20-21-22-23-24-25-26-27-28-29-30-31-32-34-36-38-40-42-44-50(54)51-48(47-58-59(55,56)57-46-45-52(3,4)5)49(53)43-41-39-37-35-33-19-17-15-13-11-9-7-2/h18,20,22-23,33,35,41,43,48-49,53H,6-17,19,21,24-32,34,36-40,42,44-47H2,1-5H3,(H-,51,54,55,56)/b20-18-,23-22-,35-33+,43-41+. The second-order valence-electron chi connectivity index (χ2n) is 17.8. The first-order chi connectivity index (χ1) is 28.5. The molecule has 0 saturated heterocycles. The van der Waals surface area contributed by atoms with E-state index < -0.39 is 26.6 Å². The molecular formula is C50H95N2O6P. The van der Waals surface area contributed by atoms with Crippen LogP contribution in [0.4, 0.5) is 0 Å². The topological polar surface area (TPSA) is 108 Å². The van der Waals surface area contributed by atoms with Gasteiger partial charge in [-0.05, 0) is 64.2 Å². The van der Waals surface area contributed by atoms with Gasteiger partial charge < -0.3 is 28.8 Å². The zero-order chi connectivity index (χ0) is 43.6. The Labute approximate surface area is 365 Å². The normalized spacial score (nSPS) is 14.6. The number of aliphatic hydroxyl groups excluding tert-OH is 1. The summed E-state index contributed by atoms with van der Waals surface area (Å²) in [5.41, 5.74) is 0. The van der Waals surface area contributed by atoms with Crippen molar-refractivity contribution in [2.75, 3.05) is 40.9 Å². The highest BCUT2D eigenvalue weighted by molar-refractivity contribution is 7.45. The van der Waals surface area contributed by atoms with E-state index in [0.717, 1.165) is 44.9 Å². The lowest BCUT2D eigenvalue weighted by Gasteiger charge is -2.29. The fourth-order valence-corrected chi connectivity index (χ4v) is 7.57. The van der Waals surface area contributed by atoms with Gasteiger partial charge in [-0.25, -0.2) is 0 Å². The number of rotatable bonds is 44. The molecule has 0 aromatic rings. The Morgan fingerprint density at radius 3 is 1.47 bits per heavy atom. The van der Waals surface area contributed by atoms with Crippen molar-refractivity contribution >= 4 is 13.7 Å². The maximum atomic E-state index is 12.9. The summed E-state index contributed by atoms with van der Waals surface area (Å²) >= 11 is 0. The van der Waals surface area contributed by atoms with Crippen LogP contribution >= 0.6 is 7.82 Å². The molecule has 59 heavy (non-hydrogen) atoms. The number of hydrogen-bond acceptors (Lipinski definition) is 6. The molecule has 0 spiro atoms. The summed E-state index contributed by atoms with van der Waals surface area (Å²) in [5, 5.41) is 13.8. The van der Waals surface area contributed by atoms with E-state index in [-0.39, 0.29) is 12.5 Å². The molecule has 0 aliphatic heterocycles. The molecule has 0 radical (unpaired) electrons. The number of hydrogen-bond donors (Lipinski definition) is 2. The molecule has 0 rings (SSSR count). The summed E-state index contributed by atoms with van der Waals surface area (Å²) in [5.74, 6) is -0.210. The number of likely N-dealkylation sites (N-methyl/N-ethyl adjacent to an activating group) is 1. The summed E-state index contributed by atoms with van der Waals surface area (Å²) < 4.78 is 23.2. The van der Waals surface area contributed by atoms with Crippen LogP contribution in [0.2, 0.25) is 0 Å². The number of phosphoric acid groups is 1. The van der Waals surface area contributed by atoms with Crippen LogP contribution in [0, 0.1) is 0 Å². The Morgan fingerprint density at radius 2 is 1.00 bits per heavy atom. The molecule has 3 unspecified atom stereocenters. The highest BCUT2D eigenvalue weighted by atomic mass is 31.2. The minimum atomic E-state index is -4.60. The first-order valence-corrected chi connectivity index (χ1v) is 26.0. The predicted molar refractivity (Wildman–Crippen MR) is 251 cm³/mol. The van der Waals surface area contributed by atoms with Crippen LogP contribution in [-0.4, -0.2) is 68.5 Å². The number of nitrogens with zero attached hydrogens (tertiary/aromatic N) is 1. The quantitative estimate of drug-likeness (QED) is 0.0274. The summed E-state index contributed by atoms with van der Waals surface area (Å²) in [6.45, 7) is 4.60. The third-order valence-electron chi connectivity index (χ3n) is 10.8. The average Bonchev–Trinajstić information content (AvgIpc) is 3.19. The Kier molecular flexibility index (Phi) is 40.7. The number of quaternary nitrogens is 1. The van der Waals surface area contributed by atoms with Gasteiger partial charge in [0.05, 0.1) is 39.9 Å². The molecule has 0 heterocycles. The highest BCUT2D eigenvalue weighted by Crippen LogP contribution is 2.38. The molecule has 0 aromatic heterocycles. The van der Waals surface area contributed by atoms with E-state index in [9.17, 15) is 19.4 Å². The number of phosphoric ester groups is 1. The number of nitrogens with one attached hydrogen (secondary N) is 1. The van der Waals surface area contributed by atoms with Gasteiger partial charge in [0.15, 0.2) is 0 Å². The lowest BCUT2D eigenvalue weighted by atomic mass is 10.0. The molecule has 3 atom stereocenters. The first-order valence-electron chi connectivity index (χ1n) is 24.5. The molecule has 0 aromatic carbocycles. The van der Waals surface area contributed by atoms with Crippen molar-refractivity contribution in [3.63, 3.8) is 0 Å². The smallest absolute Gasteiger partial charge is 0.268 e. The second kappa shape index (κ2) is 41.8. The van der Waals surface area contributed by atoms with Crippen molar-refractivity contribution in [2.45, 2.75) is 225 Å². The van der Waals surface area contributed by atoms with Crippen LogP contribution in [0.1, 0.15) is 213 Å². The van der Waals surface area contributed by atoms with E-state index in [1.165, 1.54) is 148 Å². The zero-order valence-corrected chi connectivity index (χ0v) is 40.1. The number of carbonyl (C=O) groups excluding carboxylic acids is 1. The van der Waals surface area contributed by atoms with Crippen LogP contribution < -0.4 is 10.2 Å². The predicted octanol–water partition coefficient (Wildman–Crippen LogP) is 13.4. The minimum Gasteiger partial charge on any atom is -0.756 e. The molecule has 346 valence electrons. The van der Waals surface area contributed by atoms with Gasteiger partial charge in [0.1, 0.15) is 13.2 Å². The van der Waals surface area contributed by atoms with Crippen molar-refractivity contribution in [3.05, 3.63) is 48.6 Å². The lowest BCUT2D eigenvalue weighted by molar-refractivity contribution is -0.870. The molecule has 0 fully saturated rings. The van der Waals surface area contributed by atoms with Gasteiger partial charge >= 0.3 is 0 Å². The molecule has 9 heteroatoms. The van der Waals surface area contributed by atoms with E-state index in [1.54, 1.807) is 6.08 Å². The van der Waals surface area contributed by atoms with Crippen LogP contribution in [0.15, 0.2) is 48.6 Å². The van der Waals surface area contributed by atoms with E-state index in [0.29, 0.717) is 17.4 Å². The Morgan fingerprint density at radius 1 is 0.593 bits per heavy atom. The molecular weight excluding hydrogens is 756 g/mol. The van der Waals surface area contributed by atoms with Crippen molar-refractivity contribution < 1.29 is 32.9 Å². The average molecular weight is 851 g/mol. The lowest BCUT2D eigenvalue weighted by Crippen LogP contribution is -2.45. The number of allylic oxidation sites excluding steroid dienone is 7. The van der Waals surface area contributed by atoms with Gasteiger partial charge in [0.25, 0.3) is 7.82 Å². The summed E-state index contributed by atoms with van der Waals surface area (Å²) in [6.07, 6.45) is 53.1. The van der Waals surface area contributed by atoms with E-state index >= 15 is 0 Å². The van der Waals surface area contributed by atoms with Crippen LogP contribution in [0.25, 0.3) is 0 Å². The molecule has 0 saturated carbocycles. The van der Waals surface area contributed by atoms with Crippen molar-refractivity contribution in [1.29, 1.82) is 0 Å². The van der Waals surface area contributed by atoms with Crippen LogP contribution in [0.3, 0.4) is 0 Å². The van der Waals surface area contributed by atoms with Gasteiger partial charge in [-0.1, -0.05) is 191 Å². The van der Waals surface area contributed by atoms with E-state index in [2.05, 4.69) is 55.6 Å². The van der Waals surface area contributed by atoms with Gasteiger partial charge in [0, 0.05) is 6.42 Å². The van der Waals surface area contributed by atoms with Crippen molar-refractivity contribution in [2.24, 2.45) is 0 Å². The maximum Gasteiger partial charge on any atom is 0.268 e. The molecule has 1 amide bonds.